The molecular weight excluding hydrogens is 318 g/mol. The highest BCUT2D eigenvalue weighted by Crippen LogP contribution is 2.30. The standard InChI is InChI=1S/C20H24ClN3/c1-4-20(5-2,15-10-12-16(21)13-11-15)22-14-19-23-17-8-6-7-9-18(17)24(19)3/h6-13,22H,4-5,14H2,1-3H3. The zero-order valence-electron chi connectivity index (χ0n) is 14.5. The fourth-order valence-corrected chi connectivity index (χ4v) is 3.51. The molecule has 0 aliphatic heterocycles. The Kier molecular flexibility index (Phi) is 4.93. The van der Waals surface area contributed by atoms with E-state index in [4.69, 9.17) is 16.6 Å². The topological polar surface area (TPSA) is 29.9 Å². The van der Waals surface area contributed by atoms with Gasteiger partial charge < -0.3 is 9.88 Å². The van der Waals surface area contributed by atoms with Gasteiger partial charge in [-0.3, -0.25) is 0 Å². The number of aromatic nitrogens is 2. The third kappa shape index (κ3) is 3.06. The van der Waals surface area contributed by atoms with Crippen LogP contribution in [0.2, 0.25) is 5.02 Å². The molecule has 0 radical (unpaired) electrons. The predicted octanol–water partition coefficient (Wildman–Crippen LogP) is 5.03. The number of imidazole rings is 1. The zero-order chi connectivity index (χ0) is 17.2. The van der Waals surface area contributed by atoms with Crippen molar-refractivity contribution in [3.8, 4) is 0 Å². The summed E-state index contributed by atoms with van der Waals surface area (Å²) in [5.41, 5.74) is 3.42. The van der Waals surface area contributed by atoms with Crippen LogP contribution < -0.4 is 5.32 Å². The van der Waals surface area contributed by atoms with Gasteiger partial charge in [0.2, 0.25) is 0 Å². The third-order valence-electron chi connectivity index (χ3n) is 5.07. The molecular formula is C20H24ClN3. The van der Waals surface area contributed by atoms with Gasteiger partial charge in [-0.15, -0.1) is 0 Å². The molecule has 1 aromatic heterocycles. The van der Waals surface area contributed by atoms with Gasteiger partial charge in [-0.2, -0.15) is 0 Å². The minimum atomic E-state index is -0.0667. The number of nitrogens with zero attached hydrogens (tertiary/aromatic N) is 2. The van der Waals surface area contributed by atoms with E-state index in [0.29, 0.717) is 0 Å². The average Bonchev–Trinajstić information content (AvgIpc) is 2.94. The Balaban J connectivity index is 1.88. The Morgan fingerprint density at radius 2 is 1.71 bits per heavy atom. The summed E-state index contributed by atoms with van der Waals surface area (Å²) in [5, 5.41) is 4.53. The Labute approximate surface area is 148 Å². The Hall–Kier alpha value is -1.84. The second kappa shape index (κ2) is 6.96. The molecule has 0 saturated carbocycles. The lowest BCUT2D eigenvalue weighted by atomic mass is 9.84. The van der Waals surface area contributed by atoms with Crippen molar-refractivity contribution < 1.29 is 0 Å². The van der Waals surface area contributed by atoms with E-state index in [-0.39, 0.29) is 5.54 Å². The van der Waals surface area contributed by atoms with Crippen LogP contribution >= 0.6 is 11.6 Å². The Morgan fingerprint density at radius 3 is 2.33 bits per heavy atom. The smallest absolute Gasteiger partial charge is 0.123 e. The highest BCUT2D eigenvalue weighted by Gasteiger charge is 2.28. The van der Waals surface area contributed by atoms with Gasteiger partial charge in [0.05, 0.1) is 17.6 Å². The van der Waals surface area contributed by atoms with E-state index >= 15 is 0 Å². The fourth-order valence-electron chi connectivity index (χ4n) is 3.38. The second-order valence-corrected chi connectivity index (χ2v) is 6.66. The van der Waals surface area contributed by atoms with Crippen LogP contribution in [0.1, 0.15) is 38.1 Å². The molecule has 0 bridgehead atoms. The van der Waals surface area contributed by atoms with Crippen molar-refractivity contribution in [2.24, 2.45) is 7.05 Å². The quantitative estimate of drug-likeness (QED) is 0.681. The van der Waals surface area contributed by atoms with Crippen LogP contribution in [0.25, 0.3) is 11.0 Å². The first kappa shape index (κ1) is 17.0. The molecule has 1 N–H and O–H groups in total. The lowest BCUT2D eigenvalue weighted by molar-refractivity contribution is 0.301. The Bertz CT molecular complexity index is 817. The minimum Gasteiger partial charge on any atom is -0.330 e. The third-order valence-corrected chi connectivity index (χ3v) is 5.32. The van der Waals surface area contributed by atoms with Crippen LogP contribution in [0.15, 0.2) is 48.5 Å². The molecule has 0 aliphatic carbocycles. The second-order valence-electron chi connectivity index (χ2n) is 6.23. The number of rotatable bonds is 6. The van der Waals surface area contributed by atoms with Gasteiger partial charge in [0.15, 0.2) is 0 Å². The summed E-state index contributed by atoms with van der Waals surface area (Å²) in [6.07, 6.45) is 2.02. The number of para-hydroxylation sites is 2. The molecule has 0 amide bonds. The molecule has 0 saturated heterocycles. The largest absolute Gasteiger partial charge is 0.330 e. The van der Waals surface area contributed by atoms with Crippen LogP contribution in [0.4, 0.5) is 0 Å². The molecule has 3 rings (SSSR count). The first-order valence-corrected chi connectivity index (χ1v) is 8.89. The molecule has 0 atom stereocenters. The van der Waals surface area contributed by atoms with Crippen LogP contribution in [0.3, 0.4) is 0 Å². The number of benzene rings is 2. The van der Waals surface area contributed by atoms with Gasteiger partial charge in [-0.25, -0.2) is 4.98 Å². The number of halogens is 1. The SMILES string of the molecule is CCC(CC)(NCc1nc2ccccc2n1C)c1ccc(Cl)cc1. The molecule has 126 valence electrons. The van der Waals surface area contributed by atoms with Gasteiger partial charge in [-0.05, 0) is 42.7 Å². The van der Waals surface area contributed by atoms with Crippen LogP contribution in [-0.2, 0) is 19.1 Å². The van der Waals surface area contributed by atoms with Gasteiger partial charge in [0.25, 0.3) is 0 Å². The maximum Gasteiger partial charge on any atom is 0.123 e. The lowest BCUT2D eigenvalue weighted by Gasteiger charge is -2.34. The molecule has 24 heavy (non-hydrogen) atoms. The monoisotopic (exact) mass is 341 g/mol. The zero-order valence-corrected chi connectivity index (χ0v) is 15.3. The average molecular weight is 342 g/mol. The summed E-state index contributed by atoms with van der Waals surface area (Å²) in [6.45, 7) is 5.18. The van der Waals surface area contributed by atoms with Crippen molar-refractivity contribution in [1.29, 1.82) is 0 Å². The van der Waals surface area contributed by atoms with E-state index in [9.17, 15) is 0 Å². The van der Waals surface area contributed by atoms with Crippen LogP contribution in [-0.4, -0.2) is 9.55 Å². The number of aryl methyl sites for hydroxylation is 1. The van der Waals surface area contributed by atoms with E-state index < -0.39 is 0 Å². The summed E-state index contributed by atoms with van der Waals surface area (Å²) in [6, 6.07) is 16.4. The predicted molar refractivity (Wildman–Crippen MR) is 101 cm³/mol. The van der Waals surface area contributed by atoms with Crippen LogP contribution in [0, 0.1) is 0 Å². The van der Waals surface area contributed by atoms with E-state index in [1.807, 2.05) is 18.2 Å². The number of fused-ring (bicyclic) bond motifs is 1. The summed E-state index contributed by atoms with van der Waals surface area (Å²) in [7, 11) is 2.08. The van der Waals surface area contributed by atoms with E-state index in [2.05, 4.69) is 61.1 Å². The Morgan fingerprint density at radius 1 is 1.04 bits per heavy atom. The first-order valence-electron chi connectivity index (χ1n) is 8.51. The van der Waals surface area contributed by atoms with Gasteiger partial charge in [0.1, 0.15) is 5.82 Å². The lowest BCUT2D eigenvalue weighted by Crippen LogP contribution is -2.41. The fraction of sp³-hybridized carbons (Fsp3) is 0.350. The molecule has 0 unspecified atom stereocenters. The van der Waals surface area contributed by atoms with Gasteiger partial charge >= 0.3 is 0 Å². The summed E-state index contributed by atoms with van der Waals surface area (Å²) >= 11 is 6.05. The van der Waals surface area contributed by atoms with Crippen molar-refractivity contribution >= 4 is 22.6 Å². The van der Waals surface area contributed by atoms with Crippen molar-refractivity contribution in [3.63, 3.8) is 0 Å². The highest BCUT2D eigenvalue weighted by atomic mass is 35.5. The van der Waals surface area contributed by atoms with E-state index in [1.165, 1.54) is 11.1 Å². The van der Waals surface area contributed by atoms with Crippen molar-refractivity contribution in [1.82, 2.24) is 14.9 Å². The molecule has 4 heteroatoms. The molecule has 0 fully saturated rings. The molecule has 0 aliphatic rings. The summed E-state index contributed by atoms with van der Waals surface area (Å²) < 4.78 is 2.17. The molecule has 2 aromatic carbocycles. The van der Waals surface area contributed by atoms with Crippen molar-refractivity contribution in [3.05, 3.63) is 64.9 Å². The van der Waals surface area contributed by atoms with E-state index in [1.54, 1.807) is 0 Å². The molecule has 0 spiro atoms. The maximum atomic E-state index is 6.05. The summed E-state index contributed by atoms with van der Waals surface area (Å²) in [5.74, 6) is 1.05. The van der Waals surface area contributed by atoms with Crippen molar-refractivity contribution in [2.75, 3.05) is 0 Å². The molecule has 3 aromatic rings. The van der Waals surface area contributed by atoms with Gasteiger partial charge in [-0.1, -0.05) is 49.7 Å². The molecule has 3 nitrogen and oxygen atoms in total. The number of nitrogens with one attached hydrogen (secondary N) is 1. The van der Waals surface area contributed by atoms with E-state index in [0.717, 1.165) is 35.8 Å². The normalized spacial score (nSPS) is 12.0. The van der Waals surface area contributed by atoms with Crippen LogP contribution in [0.5, 0.6) is 0 Å². The highest BCUT2D eigenvalue weighted by molar-refractivity contribution is 6.30. The maximum absolute atomic E-state index is 6.05. The van der Waals surface area contributed by atoms with Gasteiger partial charge in [0, 0.05) is 17.6 Å². The number of hydrogen-bond donors (Lipinski definition) is 1. The summed E-state index contributed by atoms with van der Waals surface area (Å²) in [4.78, 5) is 4.77. The first-order chi connectivity index (χ1) is 11.6. The number of hydrogen-bond acceptors (Lipinski definition) is 2. The van der Waals surface area contributed by atoms with Crippen molar-refractivity contribution in [2.45, 2.75) is 38.8 Å². The minimum absolute atomic E-state index is 0.0667. The molecule has 1 heterocycles.